The zero-order valence-corrected chi connectivity index (χ0v) is 16.7. The zero-order valence-electron chi connectivity index (χ0n) is 16.0. The van der Waals surface area contributed by atoms with Gasteiger partial charge in [-0.05, 0) is 49.4 Å². The number of hydrogen-bond acceptors (Lipinski definition) is 2. The average Bonchev–Trinajstić information content (AvgIpc) is 2.68. The van der Waals surface area contributed by atoms with Gasteiger partial charge in [0.05, 0.1) is 0 Å². The maximum atomic E-state index is 12.5. The van der Waals surface area contributed by atoms with Gasteiger partial charge < -0.3 is 10.2 Å². The molecule has 1 unspecified atom stereocenters. The Labute approximate surface area is 162 Å². The standard InChI is InChI=1S/C21H31ClN2O2/c1-3-5-6-16(4-2)15-23-20(25)17-11-13-24(14-12-17)21(26)18-7-9-19(22)10-8-18/h7-10,16-17H,3-6,11-15H2,1-2H3,(H,23,25). The Morgan fingerprint density at radius 3 is 2.42 bits per heavy atom. The second kappa shape index (κ2) is 10.6. The first-order chi connectivity index (χ1) is 12.5. The second-order valence-corrected chi connectivity index (χ2v) is 7.67. The minimum Gasteiger partial charge on any atom is -0.356 e. The Hall–Kier alpha value is -1.55. The summed E-state index contributed by atoms with van der Waals surface area (Å²) in [5.74, 6) is 0.767. The molecule has 0 aromatic heterocycles. The van der Waals surface area contributed by atoms with Crippen molar-refractivity contribution in [2.75, 3.05) is 19.6 Å². The van der Waals surface area contributed by atoms with Crippen LogP contribution in [0.4, 0.5) is 0 Å². The largest absolute Gasteiger partial charge is 0.356 e. The van der Waals surface area contributed by atoms with E-state index in [1.165, 1.54) is 19.3 Å². The van der Waals surface area contributed by atoms with Crippen LogP contribution in [0.3, 0.4) is 0 Å². The summed E-state index contributed by atoms with van der Waals surface area (Å²) < 4.78 is 0. The van der Waals surface area contributed by atoms with Gasteiger partial charge in [-0.2, -0.15) is 0 Å². The first kappa shape index (κ1) is 20.8. The van der Waals surface area contributed by atoms with Crippen molar-refractivity contribution in [3.05, 3.63) is 34.9 Å². The highest BCUT2D eigenvalue weighted by Crippen LogP contribution is 2.20. The number of unbranched alkanes of at least 4 members (excludes halogenated alkanes) is 1. The molecule has 144 valence electrons. The van der Waals surface area contributed by atoms with Gasteiger partial charge in [-0.25, -0.2) is 0 Å². The predicted octanol–water partition coefficient (Wildman–Crippen LogP) is 4.52. The highest BCUT2D eigenvalue weighted by Gasteiger charge is 2.27. The van der Waals surface area contributed by atoms with Crippen molar-refractivity contribution >= 4 is 23.4 Å². The lowest BCUT2D eigenvalue weighted by atomic mass is 9.94. The van der Waals surface area contributed by atoms with Crippen LogP contribution >= 0.6 is 11.6 Å². The average molecular weight is 379 g/mol. The number of likely N-dealkylation sites (tertiary alicyclic amines) is 1. The summed E-state index contributed by atoms with van der Waals surface area (Å²) in [4.78, 5) is 26.8. The molecule has 2 rings (SSSR count). The van der Waals surface area contributed by atoms with Crippen LogP contribution in [-0.2, 0) is 4.79 Å². The predicted molar refractivity (Wildman–Crippen MR) is 106 cm³/mol. The van der Waals surface area contributed by atoms with Crippen LogP contribution in [0.2, 0.25) is 5.02 Å². The molecule has 1 aromatic rings. The molecular weight excluding hydrogens is 348 g/mol. The first-order valence-corrected chi connectivity index (χ1v) is 10.3. The van der Waals surface area contributed by atoms with Gasteiger partial charge in [0.1, 0.15) is 0 Å². The van der Waals surface area contributed by atoms with E-state index < -0.39 is 0 Å². The Morgan fingerprint density at radius 2 is 1.85 bits per heavy atom. The summed E-state index contributed by atoms with van der Waals surface area (Å²) in [6, 6.07) is 6.98. The molecule has 1 saturated heterocycles. The summed E-state index contributed by atoms with van der Waals surface area (Å²) in [5.41, 5.74) is 0.652. The number of amides is 2. The molecule has 0 radical (unpaired) electrons. The molecule has 1 atom stereocenters. The molecule has 1 fully saturated rings. The fourth-order valence-corrected chi connectivity index (χ4v) is 3.58. The van der Waals surface area contributed by atoms with Crippen molar-refractivity contribution in [1.82, 2.24) is 10.2 Å². The fraction of sp³-hybridized carbons (Fsp3) is 0.619. The smallest absolute Gasteiger partial charge is 0.253 e. The molecule has 0 spiro atoms. The SMILES string of the molecule is CCCCC(CC)CNC(=O)C1CCN(C(=O)c2ccc(Cl)cc2)CC1. The van der Waals surface area contributed by atoms with Crippen LogP contribution in [0.15, 0.2) is 24.3 Å². The lowest BCUT2D eigenvalue weighted by Gasteiger charge is -2.31. The van der Waals surface area contributed by atoms with Crippen LogP contribution in [0.1, 0.15) is 62.7 Å². The Kier molecular flexibility index (Phi) is 8.43. The molecule has 5 heteroatoms. The van der Waals surface area contributed by atoms with Crippen molar-refractivity contribution in [3.63, 3.8) is 0 Å². The van der Waals surface area contributed by atoms with Crippen molar-refractivity contribution in [3.8, 4) is 0 Å². The molecule has 0 bridgehead atoms. The number of carbonyl (C=O) groups is 2. The van der Waals surface area contributed by atoms with Crippen molar-refractivity contribution < 1.29 is 9.59 Å². The summed E-state index contributed by atoms with van der Waals surface area (Å²) >= 11 is 5.88. The van der Waals surface area contributed by atoms with Gasteiger partial charge in [0, 0.05) is 36.1 Å². The molecule has 1 aromatic carbocycles. The Balaban J connectivity index is 1.77. The Morgan fingerprint density at radius 1 is 1.19 bits per heavy atom. The number of benzene rings is 1. The van der Waals surface area contributed by atoms with E-state index in [2.05, 4.69) is 19.2 Å². The molecule has 0 aliphatic carbocycles. The molecule has 4 nitrogen and oxygen atoms in total. The molecular formula is C21H31ClN2O2. The van der Waals surface area contributed by atoms with E-state index in [9.17, 15) is 9.59 Å². The molecule has 1 N–H and O–H groups in total. The van der Waals surface area contributed by atoms with E-state index >= 15 is 0 Å². The number of carbonyl (C=O) groups excluding carboxylic acids is 2. The van der Waals surface area contributed by atoms with Crippen LogP contribution in [-0.4, -0.2) is 36.3 Å². The Bertz CT molecular complexity index is 580. The monoisotopic (exact) mass is 378 g/mol. The highest BCUT2D eigenvalue weighted by atomic mass is 35.5. The fourth-order valence-electron chi connectivity index (χ4n) is 3.45. The minimum atomic E-state index is 0.0196. The van der Waals surface area contributed by atoms with E-state index in [0.717, 1.165) is 25.8 Å². The van der Waals surface area contributed by atoms with Gasteiger partial charge in [-0.1, -0.05) is 44.7 Å². The van der Waals surface area contributed by atoms with Gasteiger partial charge in [0.15, 0.2) is 0 Å². The van der Waals surface area contributed by atoms with Crippen LogP contribution in [0.5, 0.6) is 0 Å². The van der Waals surface area contributed by atoms with Crippen LogP contribution in [0, 0.1) is 11.8 Å². The number of hydrogen-bond donors (Lipinski definition) is 1. The number of rotatable bonds is 8. The van der Waals surface area contributed by atoms with E-state index in [1.807, 2.05) is 4.90 Å². The summed E-state index contributed by atoms with van der Waals surface area (Å²) in [5, 5.41) is 3.76. The number of halogens is 1. The van der Waals surface area contributed by atoms with Crippen molar-refractivity contribution in [2.24, 2.45) is 11.8 Å². The van der Waals surface area contributed by atoms with E-state index in [-0.39, 0.29) is 17.7 Å². The molecule has 1 aliphatic rings. The first-order valence-electron chi connectivity index (χ1n) is 9.87. The molecule has 1 heterocycles. The third-order valence-electron chi connectivity index (χ3n) is 5.35. The lowest BCUT2D eigenvalue weighted by molar-refractivity contribution is -0.126. The molecule has 26 heavy (non-hydrogen) atoms. The maximum absolute atomic E-state index is 12.5. The summed E-state index contributed by atoms with van der Waals surface area (Å²) in [7, 11) is 0. The van der Waals surface area contributed by atoms with Gasteiger partial charge in [-0.15, -0.1) is 0 Å². The number of nitrogens with zero attached hydrogens (tertiary/aromatic N) is 1. The third kappa shape index (κ3) is 6.01. The topological polar surface area (TPSA) is 49.4 Å². The minimum absolute atomic E-state index is 0.0196. The molecule has 0 saturated carbocycles. The maximum Gasteiger partial charge on any atom is 0.253 e. The van der Waals surface area contributed by atoms with Crippen LogP contribution < -0.4 is 5.32 Å². The van der Waals surface area contributed by atoms with Gasteiger partial charge in [0.25, 0.3) is 5.91 Å². The van der Waals surface area contributed by atoms with E-state index in [4.69, 9.17) is 11.6 Å². The second-order valence-electron chi connectivity index (χ2n) is 7.24. The van der Waals surface area contributed by atoms with Crippen molar-refractivity contribution in [2.45, 2.75) is 52.4 Å². The van der Waals surface area contributed by atoms with Crippen molar-refractivity contribution in [1.29, 1.82) is 0 Å². The number of nitrogens with one attached hydrogen (secondary N) is 1. The van der Waals surface area contributed by atoms with Gasteiger partial charge in [-0.3, -0.25) is 9.59 Å². The van der Waals surface area contributed by atoms with Gasteiger partial charge >= 0.3 is 0 Å². The normalized spacial score (nSPS) is 16.3. The quantitative estimate of drug-likeness (QED) is 0.722. The van der Waals surface area contributed by atoms with Crippen LogP contribution in [0.25, 0.3) is 0 Å². The molecule has 1 aliphatic heterocycles. The third-order valence-corrected chi connectivity index (χ3v) is 5.60. The number of piperidine rings is 1. The zero-order chi connectivity index (χ0) is 18.9. The summed E-state index contributed by atoms with van der Waals surface area (Å²) in [6.07, 6.45) is 6.17. The lowest BCUT2D eigenvalue weighted by Crippen LogP contribution is -2.43. The van der Waals surface area contributed by atoms with E-state index in [0.29, 0.717) is 29.6 Å². The highest BCUT2D eigenvalue weighted by molar-refractivity contribution is 6.30. The van der Waals surface area contributed by atoms with E-state index in [1.54, 1.807) is 24.3 Å². The summed E-state index contributed by atoms with van der Waals surface area (Å²) in [6.45, 7) is 6.43. The van der Waals surface area contributed by atoms with Gasteiger partial charge in [0.2, 0.25) is 5.91 Å². The molecule has 2 amide bonds.